The fourth-order valence-electron chi connectivity index (χ4n) is 2.12. The predicted octanol–water partition coefficient (Wildman–Crippen LogP) is 2.09. The summed E-state index contributed by atoms with van der Waals surface area (Å²) in [5.74, 6) is 0. The maximum absolute atomic E-state index is 5.02. The van der Waals surface area contributed by atoms with Crippen LogP contribution in [0.1, 0.15) is 18.5 Å². The normalized spacial score (nSPS) is 11.2. The quantitative estimate of drug-likeness (QED) is 0.761. The number of methoxy groups -OCH3 is 1. The van der Waals surface area contributed by atoms with Crippen LogP contribution in [0.2, 0.25) is 0 Å². The molecule has 0 aliphatic rings. The minimum absolute atomic E-state index is 0.828. The van der Waals surface area contributed by atoms with Gasteiger partial charge in [-0.2, -0.15) is 5.10 Å². The van der Waals surface area contributed by atoms with Crippen molar-refractivity contribution in [2.24, 2.45) is 7.05 Å². The van der Waals surface area contributed by atoms with Gasteiger partial charge in [0.15, 0.2) is 0 Å². The molecule has 18 heavy (non-hydrogen) atoms. The van der Waals surface area contributed by atoms with Gasteiger partial charge in [0.2, 0.25) is 0 Å². The van der Waals surface area contributed by atoms with Gasteiger partial charge in [-0.05, 0) is 25.5 Å². The number of aromatic nitrogens is 2. The Balaban J connectivity index is 1.88. The molecule has 0 aliphatic heterocycles. The lowest BCUT2D eigenvalue weighted by molar-refractivity contribution is 0.192. The van der Waals surface area contributed by atoms with E-state index in [0.29, 0.717) is 0 Å². The molecule has 4 nitrogen and oxygen atoms in total. The van der Waals surface area contributed by atoms with E-state index >= 15 is 0 Å². The van der Waals surface area contributed by atoms with Crippen LogP contribution < -0.4 is 5.32 Å². The topological polar surface area (TPSA) is 39.1 Å². The Labute approximate surface area is 108 Å². The van der Waals surface area contributed by atoms with Gasteiger partial charge in [0.1, 0.15) is 0 Å². The summed E-state index contributed by atoms with van der Waals surface area (Å²) in [5.41, 5.74) is 2.31. The molecule has 98 valence electrons. The molecule has 1 N–H and O–H groups in total. The van der Waals surface area contributed by atoms with E-state index in [1.807, 2.05) is 17.8 Å². The molecule has 2 rings (SSSR count). The molecule has 0 fully saturated rings. The van der Waals surface area contributed by atoms with Crippen molar-refractivity contribution >= 4 is 10.9 Å². The summed E-state index contributed by atoms with van der Waals surface area (Å²) in [6, 6.07) is 8.34. The lowest BCUT2D eigenvalue weighted by atomic mass is 10.2. The molecule has 4 heteroatoms. The second-order valence-corrected chi connectivity index (χ2v) is 4.46. The Morgan fingerprint density at radius 2 is 2.11 bits per heavy atom. The van der Waals surface area contributed by atoms with Crippen LogP contribution in [0.25, 0.3) is 10.9 Å². The highest BCUT2D eigenvalue weighted by Crippen LogP contribution is 2.16. The molecule has 0 saturated carbocycles. The zero-order chi connectivity index (χ0) is 12.8. The van der Waals surface area contributed by atoms with Gasteiger partial charge in [0.25, 0.3) is 0 Å². The molecule has 0 saturated heterocycles. The summed E-state index contributed by atoms with van der Waals surface area (Å²) in [4.78, 5) is 0. The molecule has 0 bridgehead atoms. The SMILES string of the molecule is COCCCCNCc1nn(C)c2ccccc12. The van der Waals surface area contributed by atoms with Crippen LogP contribution in [-0.2, 0) is 18.3 Å². The van der Waals surface area contributed by atoms with Gasteiger partial charge < -0.3 is 10.1 Å². The largest absolute Gasteiger partial charge is 0.385 e. The van der Waals surface area contributed by atoms with Crippen molar-refractivity contribution in [2.45, 2.75) is 19.4 Å². The highest BCUT2D eigenvalue weighted by molar-refractivity contribution is 5.81. The number of nitrogens with zero attached hydrogens (tertiary/aromatic N) is 2. The van der Waals surface area contributed by atoms with Crippen LogP contribution in [0.3, 0.4) is 0 Å². The molecule has 0 atom stereocenters. The Bertz CT molecular complexity index is 493. The van der Waals surface area contributed by atoms with E-state index in [4.69, 9.17) is 4.74 Å². The van der Waals surface area contributed by atoms with E-state index in [1.165, 1.54) is 10.9 Å². The van der Waals surface area contributed by atoms with Gasteiger partial charge in [0, 0.05) is 32.7 Å². The van der Waals surface area contributed by atoms with E-state index in [2.05, 4.69) is 28.6 Å². The summed E-state index contributed by atoms with van der Waals surface area (Å²) in [6.45, 7) is 2.68. The second kappa shape index (κ2) is 6.52. The van der Waals surface area contributed by atoms with E-state index in [9.17, 15) is 0 Å². The van der Waals surface area contributed by atoms with Crippen molar-refractivity contribution in [3.63, 3.8) is 0 Å². The van der Waals surface area contributed by atoms with Gasteiger partial charge >= 0.3 is 0 Å². The minimum Gasteiger partial charge on any atom is -0.385 e. The molecule has 0 amide bonds. The second-order valence-electron chi connectivity index (χ2n) is 4.46. The van der Waals surface area contributed by atoms with Crippen molar-refractivity contribution in [1.29, 1.82) is 0 Å². The van der Waals surface area contributed by atoms with Crippen molar-refractivity contribution in [3.8, 4) is 0 Å². The first-order valence-corrected chi connectivity index (χ1v) is 6.43. The third-order valence-electron chi connectivity index (χ3n) is 3.08. The van der Waals surface area contributed by atoms with E-state index in [-0.39, 0.29) is 0 Å². The third kappa shape index (κ3) is 3.09. The predicted molar refractivity (Wildman–Crippen MR) is 73.5 cm³/mol. The number of rotatable bonds is 7. The van der Waals surface area contributed by atoms with Crippen molar-refractivity contribution in [1.82, 2.24) is 15.1 Å². The first kappa shape index (κ1) is 13.1. The summed E-state index contributed by atoms with van der Waals surface area (Å²) in [5, 5.41) is 9.23. The smallest absolute Gasteiger partial charge is 0.0841 e. The Morgan fingerprint density at radius 1 is 1.28 bits per heavy atom. The summed E-state index contributed by atoms with van der Waals surface area (Å²) < 4.78 is 6.97. The van der Waals surface area contributed by atoms with Crippen LogP contribution in [-0.4, -0.2) is 30.0 Å². The molecular weight excluding hydrogens is 226 g/mol. The standard InChI is InChI=1S/C14H21N3O/c1-17-14-8-4-3-7-12(14)13(16-17)11-15-9-5-6-10-18-2/h3-4,7-8,15H,5-6,9-11H2,1-2H3. The Kier molecular flexibility index (Phi) is 4.73. The van der Waals surface area contributed by atoms with Gasteiger partial charge in [0.05, 0.1) is 11.2 Å². The van der Waals surface area contributed by atoms with E-state index in [0.717, 1.165) is 38.2 Å². The van der Waals surface area contributed by atoms with Crippen LogP contribution in [0.15, 0.2) is 24.3 Å². The van der Waals surface area contributed by atoms with Crippen molar-refractivity contribution in [2.75, 3.05) is 20.3 Å². The van der Waals surface area contributed by atoms with Gasteiger partial charge in [-0.1, -0.05) is 18.2 Å². The summed E-state index contributed by atoms with van der Waals surface area (Å²) in [7, 11) is 3.73. The fraction of sp³-hybridized carbons (Fsp3) is 0.500. The molecule has 1 aromatic carbocycles. The number of ether oxygens (including phenoxy) is 1. The molecule has 0 radical (unpaired) electrons. The van der Waals surface area contributed by atoms with Crippen LogP contribution in [0, 0.1) is 0 Å². The first-order valence-electron chi connectivity index (χ1n) is 6.43. The average molecular weight is 247 g/mol. The number of hydrogen-bond acceptors (Lipinski definition) is 3. The molecule has 0 aliphatic carbocycles. The first-order chi connectivity index (χ1) is 8.83. The van der Waals surface area contributed by atoms with Gasteiger partial charge in [-0.15, -0.1) is 0 Å². The highest BCUT2D eigenvalue weighted by atomic mass is 16.5. The van der Waals surface area contributed by atoms with Crippen molar-refractivity contribution < 1.29 is 4.74 Å². The summed E-state index contributed by atoms with van der Waals surface area (Å²) in [6.07, 6.45) is 2.24. The molecule has 0 unspecified atom stereocenters. The maximum atomic E-state index is 5.02. The Hall–Kier alpha value is -1.39. The molecule has 0 spiro atoms. The van der Waals surface area contributed by atoms with Crippen LogP contribution in [0.4, 0.5) is 0 Å². The zero-order valence-electron chi connectivity index (χ0n) is 11.1. The van der Waals surface area contributed by atoms with Crippen LogP contribution in [0.5, 0.6) is 0 Å². The number of fused-ring (bicyclic) bond motifs is 1. The van der Waals surface area contributed by atoms with E-state index < -0.39 is 0 Å². The third-order valence-corrected chi connectivity index (χ3v) is 3.08. The zero-order valence-corrected chi connectivity index (χ0v) is 11.1. The van der Waals surface area contributed by atoms with Gasteiger partial charge in [-0.3, -0.25) is 4.68 Å². The minimum atomic E-state index is 0.828. The number of unbranched alkanes of at least 4 members (excludes halogenated alkanes) is 1. The molecule has 2 aromatic rings. The van der Waals surface area contributed by atoms with Crippen LogP contribution >= 0.6 is 0 Å². The monoisotopic (exact) mass is 247 g/mol. The van der Waals surface area contributed by atoms with Gasteiger partial charge in [-0.25, -0.2) is 0 Å². The maximum Gasteiger partial charge on any atom is 0.0841 e. The number of hydrogen-bond donors (Lipinski definition) is 1. The Morgan fingerprint density at radius 3 is 2.94 bits per heavy atom. The number of para-hydroxylation sites is 1. The highest BCUT2D eigenvalue weighted by Gasteiger charge is 2.06. The van der Waals surface area contributed by atoms with E-state index in [1.54, 1.807) is 7.11 Å². The number of nitrogens with one attached hydrogen (secondary N) is 1. The summed E-state index contributed by atoms with van der Waals surface area (Å²) >= 11 is 0. The average Bonchev–Trinajstić information content (AvgIpc) is 2.71. The fourth-order valence-corrected chi connectivity index (χ4v) is 2.12. The molecular formula is C14H21N3O. The molecule has 1 heterocycles. The molecule has 1 aromatic heterocycles. The lowest BCUT2D eigenvalue weighted by Gasteiger charge is -2.02. The number of benzene rings is 1. The number of aryl methyl sites for hydroxylation is 1. The lowest BCUT2D eigenvalue weighted by Crippen LogP contribution is -2.15. The van der Waals surface area contributed by atoms with Crippen molar-refractivity contribution in [3.05, 3.63) is 30.0 Å².